The van der Waals surface area contributed by atoms with E-state index in [0.29, 0.717) is 0 Å². The lowest BCUT2D eigenvalue weighted by atomic mass is 10.0. The molecule has 3 rings (SSSR count). The van der Waals surface area contributed by atoms with Crippen LogP contribution >= 0.6 is 0 Å². The number of aromatic nitrogens is 1. The zero-order chi connectivity index (χ0) is 27.7. The molecular weight excluding hydrogens is 486 g/mol. The maximum atomic E-state index is 13.4. The number of hydrogen-bond acceptors (Lipinski definition) is 5. The molecule has 0 saturated carbocycles. The molecule has 38 heavy (non-hydrogen) atoms. The number of nitrogens with one attached hydrogen (secondary N) is 4. The third-order valence-corrected chi connectivity index (χ3v) is 6.17. The van der Waals surface area contributed by atoms with E-state index < -0.39 is 41.8 Å². The van der Waals surface area contributed by atoms with Gasteiger partial charge in [-0.05, 0) is 29.5 Å². The molecule has 3 unspecified atom stereocenters. The molecule has 7 N–H and O–H groups in total. The fourth-order valence-electron chi connectivity index (χ4n) is 4.28. The van der Waals surface area contributed by atoms with Gasteiger partial charge < -0.3 is 31.8 Å². The van der Waals surface area contributed by atoms with Crippen LogP contribution in [-0.4, -0.2) is 58.5 Å². The number of H-pyrrole nitrogens is 1. The van der Waals surface area contributed by atoms with Crippen LogP contribution in [0.25, 0.3) is 10.9 Å². The van der Waals surface area contributed by atoms with Gasteiger partial charge in [-0.3, -0.25) is 14.4 Å². The lowest BCUT2D eigenvalue weighted by Gasteiger charge is -2.25. The van der Waals surface area contributed by atoms with Crippen LogP contribution in [0.2, 0.25) is 0 Å². The molecule has 0 aliphatic carbocycles. The van der Waals surface area contributed by atoms with Crippen molar-refractivity contribution < 1.29 is 24.3 Å². The number of nitrogens with two attached hydrogens (primary N) is 1. The molecule has 10 nitrogen and oxygen atoms in total. The van der Waals surface area contributed by atoms with Gasteiger partial charge in [-0.25, -0.2) is 4.79 Å². The topological polar surface area (TPSA) is 166 Å². The Labute approximate surface area is 221 Å². The molecule has 0 aliphatic rings. The first-order chi connectivity index (χ1) is 18.2. The molecule has 0 bridgehead atoms. The summed E-state index contributed by atoms with van der Waals surface area (Å²) in [6, 6.07) is 13.5. The highest BCUT2D eigenvalue weighted by Gasteiger charge is 2.30. The van der Waals surface area contributed by atoms with E-state index in [0.717, 1.165) is 22.0 Å². The monoisotopic (exact) mass is 521 g/mol. The number of aliphatic carboxylic acids is 1. The number of hydrogen-bond donors (Lipinski definition) is 6. The molecule has 0 fully saturated rings. The van der Waals surface area contributed by atoms with E-state index in [2.05, 4.69) is 20.9 Å². The summed E-state index contributed by atoms with van der Waals surface area (Å²) < 4.78 is 0. The summed E-state index contributed by atoms with van der Waals surface area (Å²) >= 11 is 0. The van der Waals surface area contributed by atoms with Crippen molar-refractivity contribution in [3.63, 3.8) is 0 Å². The highest BCUT2D eigenvalue weighted by Crippen LogP contribution is 2.19. The summed E-state index contributed by atoms with van der Waals surface area (Å²) in [5.74, 6) is -2.84. The Morgan fingerprint density at radius 3 is 2.08 bits per heavy atom. The Balaban J connectivity index is 1.88. The van der Waals surface area contributed by atoms with Crippen LogP contribution in [0.15, 0.2) is 60.8 Å². The molecule has 0 spiro atoms. The number of fused-ring (bicyclic) bond motifs is 1. The van der Waals surface area contributed by atoms with Crippen LogP contribution in [-0.2, 0) is 32.0 Å². The second-order valence-electron chi connectivity index (χ2n) is 9.67. The average Bonchev–Trinajstić information content (AvgIpc) is 3.30. The van der Waals surface area contributed by atoms with Crippen LogP contribution in [0.5, 0.6) is 0 Å². The highest BCUT2D eigenvalue weighted by atomic mass is 16.4. The van der Waals surface area contributed by atoms with Gasteiger partial charge in [0.25, 0.3) is 0 Å². The molecule has 3 atom stereocenters. The first-order valence-corrected chi connectivity index (χ1v) is 12.6. The standard InChI is InChI=1S/C28H35N5O5/c1-17(2)12-24(28(37)38)33-27(36)23(14-19-16-30-21-11-7-6-10-20(19)21)32-26(35)22(31-25(34)15-29)13-18-8-4-3-5-9-18/h3-11,16-17,22-24,30H,12-15,29H2,1-2H3,(H,31,34)(H,32,35)(H,33,36)(H,37,38). The largest absolute Gasteiger partial charge is 0.480 e. The van der Waals surface area contributed by atoms with Crippen molar-refractivity contribution in [1.29, 1.82) is 0 Å². The minimum Gasteiger partial charge on any atom is -0.480 e. The number of carbonyl (C=O) groups is 4. The van der Waals surface area contributed by atoms with Gasteiger partial charge in [-0.15, -0.1) is 0 Å². The second-order valence-corrected chi connectivity index (χ2v) is 9.67. The minimum atomic E-state index is -1.15. The lowest BCUT2D eigenvalue weighted by molar-refractivity contribution is -0.142. The molecule has 1 aromatic heterocycles. The van der Waals surface area contributed by atoms with Gasteiger partial charge in [0, 0.05) is 29.9 Å². The van der Waals surface area contributed by atoms with Crippen molar-refractivity contribution in [2.75, 3.05) is 6.54 Å². The Morgan fingerprint density at radius 2 is 1.45 bits per heavy atom. The van der Waals surface area contributed by atoms with E-state index in [1.165, 1.54) is 0 Å². The third kappa shape index (κ3) is 7.91. The second kappa shape index (κ2) is 13.4. The molecule has 2 aromatic carbocycles. The van der Waals surface area contributed by atoms with Gasteiger partial charge in [0.05, 0.1) is 6.54 Å². The lowest BCUT2D eigenvalue weighted by Crippen LogP contribution is -2.57. The molecule has 3 amide bonds. The van der Waals surface area contributed by atoms with Gasteiger partial charge in [-0.2, -0.15) is 0 Å². The van der Waals surface area contributed by atoms with Crippen molar-refractivity contribution in [3.8, 4) is 0 Å². The van der Waals surface area contributed by atoms with Gasteiger partial charge in [0.15, 0.2) is 0 Å². The van der Waals surface area contributed by atoms with E-state index in [1.807, 2.05) is 68.4 Å². The summed E-state index contributed by atoms with van der Waals surface area (Å²) in [7, 11) is 0. The van der Waals surface area contributed by atoms with E-state index in [9.17, 15) is 24.3 Å². The summed E-state index contributed by atoms with van der Waals surface area (Å²) in [5, 5.41) is 18.5. The molecule has 3 aromatic rings. The van der Waals surface area contributed by atoms with Crippen LogP contribution in [0.1, 0.15) is 31.4 Å². The molecule has 10 heteroatoms. The minimum absolute atomic E-state index is 0.0276. The van der Waals surface area contributed by atoms with E-state index in [1.54, 1.807) is 6.20 Å². The van der Waals surface area contributed by atoms with Gasteiger partial charge in [0.1, 0.15) is 18.1 Å². The fourth-order valence-corrected chi connectivity index (χ4v) is 4.28. The normalized spacial score (nSPS) is 13.5. The van der Waals surface area contributed by atoms with Crippen molar-refractivity contribution in [2.24, 2.45) is 11.7 Å². The predicted molar refractivity (Wildman–Crippen MR) is 144 cm³/mol. The number of carbonyl (C=O) groups excluding carboxylic acids is 3. The zero-order valence-corrected chi connectivity index (χ0v) is 21.6. The number of aromatic amines is 1. The smallest absolute Gasteiger partial charge is 0.326 e. The number of carboxylic acid groups (broad SMARTS) is 1. The van der Waals surface area contributed by atoms with Gasteiger partial charge >= 0.3 is 5.97 Å². The van der Waals surface area contributed by atoms with Crippen molar-refractivity contribution in [2.45, 2.75) is 51.2 Å². The number of para-hydroxylation sites is 1. The maximum Gasteiger partial charge on any atom is 0.326 e. The summed E-state index contributed by atoms with van der Waals surface area (Å²) in [4.78, 5) is 53.9. The Kier molecular flexibility index (Phi) is 10.0. The SMILES string of the molecule is CC(C)CC(NC(=O)C(Cc1c[nH]c2ccccc12)NC(=O)C(Cc1ccccc1)NC(=O)CN)C(=O)O. The molecule has 0 radical (unpaired) electrons. The zero-order valence-electron chi connectivity index (χ0n) is 21.6. The quantitative estimate of drug-likeness (QED) is 0.199. The average molecular weight is 522 g/mol. The number of rotatable bonds is 13. The van der Waals surface area contributed by atoms with Crippen LogP contribution < -0.4 is 21.7 Å². The Morgan fingerprint density at radius 1 is 0.842 bits per heavy atom. The van der Waals surface area contributed by atoms with Crippen molar-refractivity contribution >= 4 is 34.6 Å². The van der Waals surface area contributed by atoms with E-state index in [4.69, 9.17) is 5.73 Å². The molecule has 0 saturated heterocycles. The molecular formula is C28H35N5O5. The highest BCUT2D eigenvalue weighted by molar-refractivity contribution is 5.94. The predicted octanol–water partition coefficient (Wildman–Crippen LogP) is 1.50. The van der Waals surface area contributed by atoms with Crippen LogP contribution in [0.4, 0.5) is 0 Å². The number of benzene rings is 2. The van der Waals surface area contributed by atoms with E-state index >= 15 is 0 Å². The number of carboxylic acids is 1. The van der Waals surface area contributed by atoms with Gasteiger partial charge in [-0.1, -0.05) is 62.4 Å². The maximum absolute atomic E-state index is 13.4. The molecule has 0 aliphatic heterocycles. The first kappa shape index (κ1) is 28.4. The Bertz CT molecular complexity index is 1260. The van der Waals surface area contributed by atoms with E-state index in [-0.39, 0.29) is 31.7 Å². The molecule has 1 heterocycles. The fraction of sp³-hybridized carbons (Fsp3) is 0.357. The third-order valence-electron chi connectivity index (χ3n) is 6.17. The van der Waals surface area contributed by atoms with Crippen molar-refractivity contribution in [1.82, 2.24) is 20.9 Å². The van der Waals surface area contributed by atoms with Gasteiger partial charge in [0.2, 0.25) is 17.7 Å². The van der Waals surface area contributed by atoms with Crippen LogP contribution in [0.3, 0.4) is 0 Å². The van der Waals surface area contributed by atoms with Crippen LogP contribution in [0, 0.1) is 5.92 Å². The first-order valence-electron chi connectivity index (χ1n) is 12.6. The number of amides is 3. The summed E-state index contributed by atoms with van der Waals surface area (Å²) in [6.07, 6.45) is 2.29. The van der Waals surface area contributed by atoms with Crippen molar-refractivity contribution in [3.05, 3.63) is 71.9 Å². The molecule has 202 valence electrons. The summed E-state index contributed by atoms with van der Waals surface area (Å²) in [6.45, 7) is 3.43. The summed E-state index contributed by atoms with van der Waals surface area (Å²) in [5.41, 5.74) is 7.92. The Hall–Kier alpha value is -4.18.